The van der Waals surface area contributed by atoms with E-state index in [0.717, 1.165) is 12.5 Å². The largest absolute Gasteiger partial charge is 0.311 e. The van der Waals surface area contributed by atoms with Crippen LogP contribution in [0.15, 0.2) is 12.4 Å². The predicted octanol–water partition coefficient (Wildman–Crippen LogP) is 2.55. The molecule has 2 fully saturated rings. The summed E-state index contributed by atoms with van der Waals surface area (Å²) in [5.41, 5.74) is 1.36. The summed E-state index contributed by atoms with van der Waals surface area (Å²) >= 11 is 0. The Bertz CT molecular complexity index is 436. The maximum Gasteiger partial charge on any atom is 0.0534 e. The summed E-state index contributed by atoms with van der Waals surface area (Å²) in [6.45, 7) is 5.71. The molecule has 0 bridgehead atoms. The number of rotatable bonds is 4. The van der Waals surface area contributed by atoms with E-state index in [1.165, 1.54) is 57.2 Å². The van der Waals surface area contributed by atoms with E-state index in [1.807, 2.05) is 17.9 Å². The summed E-state index contributed by atoms with van der Waals surface area (Å²) in [6.07, 6.45) is 12.6. The molecule has 118 valence electrons. The van der Waals surface area contributed by atoms with E-state index in [9.17, 15) is 0 Å². The highest BCUT2D eigenvalue weighted by molar-refractivity contribution is 5.05. The molecule has 2 aliphatic rings. The highest BCUT2D eigenvalue weighted by atomic mass is 15.3. The summed E-state index contributed by atoms with van der Waals surface area (Å²) in [5.74, 6) is 0.890. The molecule has 1 saturated carbocycles. The van der Waals surface area contributed by atoms with E-state index < -0.39 is 0 Å². The van der Waals surface area contributed by atoms with Crippen LogP contribution in [0, 0.1) is 5.92 Å². The van der Waals surface area contributed by atoms with Gasteiger partial charge in [0, 0.05) is 50.5 Å². The zero-order valence-electron chi connectivity index (χ0n) is 13.6. The van der Waals surface area contributed by atoms with Crippen molar-refractivity contribution in [2.45, 2.75) is 64.1 Å². The maximum atomic E-state index is 4.33. The Morgan fingerprint density at radius 1 is 1.29 bits per heavy atom. The maximum absolute atomic E-state index is 4.33. The number of aryl methyl sites for hydroxylation is 1. The summed E-state index contributed by atoms with van der Waals surface area (Å²) in [6, 6.07) is 1.37. The van der Waals surface area contributed by atoms with Gasteiger partial charge in [0.25, 0.3) is 0 Å². The molecule has 1 N–H and O–H groups in total. The molecule has 21 heavy (non-hydrogen) atoms. The van der Waals surface area contributed by atoms with Gasteiger partial charge in [0.1, 0.15) is 0 Å². The van der Waals surface area contributed by atoms with E-state index in [2.05, 4.69) is 28.4 Å². The van der Waals surface area contributed by atoms with Crippen LogP contribution in [0.1, 0.15) is 51.0 Å². The molecule has 3 rings (SSSR count). The smallest absolute Gasteiger partial charge is 0.0534 e. The first-order valence-corrected chi connectivity index (χ1v) is 8.71. The molecule has 1 saturated heterocycles. The van der Waals surface area contributed by atoms with Crippen molar-refractivity contribution in [3.8, 4) is 0 Å². The van der Waals surface area contributed by atoms with Crippen molar-refractivity contribution in [1.29, 1.82) is 0 Å². The minimum atomic E-state index is 0.654. The van der Waals surface area contributed by atoms with Crippen molar-refractivity contribution in [2.24, 2.45) is 13.0 Å². The average Bonchev–Trinajstić information content (AvgIpc) is 2.93. The first kappa shape index (κ1) is 15.0. The fraction of sp³-hybridized carbons (Fsp3) is 0.824. The van der Waals surface area contributed by atoms with Crippen molar-refractivity contribution in [1.82, 2.24) is 20.0 Å². The summed E-state index contributed by atoms with van der Waals surface area (Å²) in [7, 11) is 2.01. The molecule has 1 aliphatic carbocycles. The second-order valence-corrected chi connectivity index (χ2v) is 6.93. The molecule has 0 aromatic carbocycles. The van der Waals surface area contributed by atoms with Gasteiger partial charge < -0.3 is 5.32 Å². The van der Waals surface area contributed by atoms with Crippen LogP contribution < -0.4 is 5.32 Å². The number of piperazine rings is 1. The molecule has 2 heterocycles. The third-order valence-electron chi connectivity index (χ3n) is 5.37. The predicted molar refractivity (Wildman–Crippen MR) is 86.1 cm³/mol. The van der Waals surface area contributed by atoms with Gasteiger partial charge in [-0.15, -0.1) is 0 Å². The van der Waals surface area contributed by atoms with E-state index in [0.29, 0.717) is 12.1 Å². The number of nitrogens with one attached hydrogen (secondary N) is 1. The van der Waals surface area contributed by atoms with Crippen LogP contribution >= 0.6 is 0 Å². The summed E-state index contributed by atoms with van der Waals surface area (Å²) in [5, 5.41) is 8.11. The number of aromatic nitrogens is 2. The van der Waals surface area contributed by atoms with Crippen LogP contribution in [0.25, 0.3) is 0 Å². The van der Waals surface area contributed by atoms with Crippen LogP contribution in [-0.4, -0.2) is 39.9 Å². The Kier molecular flexibility index (Phi) is 4.96. The summed E-state index contributed by atoms with van der Waals surface area (Å²) < 4.78 is 1.92. The third-order valence-corrected chi connectivity index (χ3v) is 5.37. The molecule has 2 unspecified atom stereocenters. The lowest BCUT2D eigenvalue weighted by atomic mass is 9.82. The Morgan fingerprint density at radius 2 is 2.10 bits per heavy atom. The van der Waals surface area contributed by atoms with E-state index >= 15 is 0 Å². The Hall–Kier alpha value is -0.870. The molecule has 1 aromatic heterocycles. The molecule has 0 spiro atoms. The quantitative estimate of drug-likeness (QED) is 0.925. The number of nitrogens with zero attached hydrogens (tertiary/aromatic N) is 3. The van der Waals surface area contributed by atoms with E-state index in [1.54, 1.807) is 0 Å². The molecule has 0 amide bonds. The van der Waals surface area contributed by atoms with Crippen LogP contribution in [-0.2, 0) is 13.6 Å². The molecule has 0 radical (unpaired) electrons. The van der Waals surface area contributed by atoms with Crippen molar-refractivity contribution >= 4 is 0 Å². The molecule has 1 aromatic rings. The van der Waals surface area contributed by atoms with Gasteiger partial charge in [0.15, 0.2) is 0 Å². The molecule has 4 heteroatoms. The van der Waals surface area contributed by atoms with Gasteiger partial charge in [-0.1, -0.05) is 26.2 Å². The van der Waals surface area contributed by atoms with Crippen LogP contribution in [0.5, 0.6) is 0 Å². The van der Waals surface area contributed by atoms with Crippen molar-refractivity contribution < 1.29 is 0 Å². The fourth-order valence-corrected chi connectivity index (χ4v) is 4.13. The fourth-order valence-electron chi connectivity index (χ4n) is 4.13. The minimum Gasteiger partial charge on any atom is -0.311 e. The number of hydrogen-bond acceptors (Lipinski definition) is 3. The lowest BCUT2D eigenvalue weighted by molar-refractivity contribution is 0.0645. The zero-order chi connectivity index (χ0) is 14.7. The Balaban J connectivity index is 1.69. The topological polar surface area (TPSA) is 33.1 Å². The van der Waals surface area contributed by atoms with Gasteiger partial charge in [0.05, 0.1) is 6.20 Å². The molecular formula is C17H30N4. The highest BCUT2D eigenvalue weighted by Crippen LogP contribution is 2.31. The Labute approximate surface area is 128 Å². The SMILES string of the molecule is CCC1CN(Cc2cnn(C)c2)C(C2CCCCC2)CN1. The standard InChI is InChI=1S/C17H30N4/c1-3-16-13-21(12-14-9-19-20(2)11-14)17(10-18-16)15-7-5-4-6-8-15/h9,11,15-18H,3-8,10,12-13H2,1-2H3. The van der Waals surface area contributed by atoms with Gasteiger partial charge in [-0.25, -0.2) is 0 Å². The van der Waals surface area contributed by atoms with E-state index in [-0.39, 0.29) is 0 Å². The van der Waals surface area contributed by atoms with Gasteiger partial charge in [-0.05, 0) is 25.2 Å². The normalized spacial score (nSPS) is 28.9. The minimum absolute atomic E-state index is 0.654. The molecular weight excluding hydrogens is 260 g/mol. The third kappa shape index (κ3) is 3.67. The van der Waals surface area contributed by atoms with Crippen LogP contribution in [0.4, 0.5) is 0 Å². The van der Waals surface area contributed by atoms with Gasteiger partial charge in [-0.3, -0.25) is 9.58 Å². The lowest BCUT2D eigenvalue weighted by Crippen LogP contribution is -2.58. The monoisotopic (exact) mass is 290 g/mol. The average molecular weight is 290 g/mol. The highest BCUT2D eigenvalue weighted by Gasteiger charge is 2.33. The van der Waals surface area contributed by atoms with Gasteiger partial charge in [0.2, 0.25) is 0 Å². The second kappa shape index (κ2) is 6.93. The van der Waals surface area contributed by atoms with Gasteiger partial charge >= 0.3 is 0 Å². The Morgan fingerprint density at radius 3 is 2.76 bits per heavy atom. The lowest BCUT2D eigenvalue weighted by Gasteiger charge is -2.45. The molecule has 2 atom stereocenters. The van der Waals surface area contributed by atoms with Crippen molar-refractivity contribution in [3.63, 3.8) is 0 Å². The van der Waals surface area contributed by atoms with Crippen LogP contribution in [0.3, 0.4) is 0 Å². The first-order valence-electron chi connectivity index (χ1n) is 8.71. The van der Waals surface area contributed by atoms with Gasteiger partial charge in [-0.2, -0.15) is 5.10 Å². The second-order valence-electron chi connectivity index (χ2n) is 6.93. The molecule has 1 aliphatic heterocycles. The first-order chi connectivity index (χ1) is 10.3. The zero-order valence-corrected chi connectivity index (χ0v) is 13.6. The number of hydrogen-bond donors (Lipinski definition) is 1. The van der Waals surface area contributed by atoms with Crippen LogP contribution in [0.2, 0.25) is 0 Å². The van der Waals surface area contributed by atoms with E-state index in [4.69, 9.17) is 0 Å². The summed E-state index contributed by atoms with van der Waals surface area (Å²) in [4.78, 5) is 2.73. The van der Waals surface area contributed by atoms with Crippen molar-refractivity contribution in [3.05, 3.63) is 18.0 Å². The van der Waals surface area contributed by atoms with Crippen molar-refractivity contribution in [2.75, 3.05) is 13.1 Å². The molecule has 4 nitrogen and oxygen atoms in total.